The van der Waals surface area contributed by atoms with Crippen molar-refractivity contribution in [3.63, 3.8) is 0 Å². The van der Waals surface area contributed by atoms with E-state index >= 15 is 0 Å². The highest BCUT2D eigenvalue weighted by Gasteiger charge is 2.14. The molecule has 2 aromatic carbocycles. The van der Waals surface area contributed by atoms with E-state index in [4.69, 9.17) is 4.74 Å². The normalized spacial score (nSPS) is 10.2. The number of ether oxygens (including phenoxy) is 1. The van der Waals surface area contributed by atoms with E-state index in [1.165, 1.54) is 24.9 Å². The molecule has 1 heterocycles. The summed E-state index contributed by atoms with van der Waals surface area (Å²) in [6.07, 6.45) is 2.41. The Labute approximate surface area is 162 Å². The molecule has 7 heteroatoms. The Bertz CT molecular complexity index is 987. The van der Waals surface area contributed by atoms with Gasteiger partial charge in [-0.3, -0.25) is 4.79 Å². The minimum absolute atomic E-state index is 0.199. The molecule has 3 aromatic rings. The number of anilines is 3. The van der Waals surface area contributed by atoms with Crippen LogP contribution >= 0.6 is 0 Å². The van der Waals surface area contributed by atoms with Gasteiger partial charge in [0.1, 0.15) is 5.69 Å². The summed E-state index contributed by atoms with van der Waals surface area (Å²) in [7, 11) is 1.31. The van der Waals surface area contributed by atoms with Gasteiger partial charge in [-0.25, -0.2) is 14.8 Å². The maximum atomic E-state index is 12.5. The summed E-state index contributed by atoms with van der Waals surface area (Å²) < 4.78 is 4.78. The van der Waals surface area contributed by atoms with E-state index < -0.39 is 5.97 Å². The Balaban J connectivity index is 1.77. The van der Waals surface area contributed by atoms with Gasteiger partial charge in [0.15, 0.2) is 0 Å². The second kappa shape index (κ2) is 8.77. The molecule has 28 heavy (non-hydrogen) atoms. The predicted molar refractivity (Wildman–Crippen MR) is 107 cm³/mol. The fourth-order valence-corrected chi connectivity index (χ4v) is 2.56. The van der Waals surface area contributed by atoms with E-state index in [-0.39, 0.29) is 17.5 Å². The second-order valence-electron chi connectivity index (χ2n) is 5.93. The lowest BCUT2D eigenvalue weighted by Gasteiger charge is -2.10. The molecule has 0 saturated heterocycles. The van der Waals surface area contributed by atoms with Gasteiger partial charge >= 0.3 is 5.97 Å². The largest absolute Gasteiger partial charge is 0.465 e. The molecule has 0 aliphatic carbocycles. The van der Waals surface area contributed by atoms with Crippen LogP contribution in [0.4, 0.5) is 17.3 Å². The number of carbonyl (C=O) groups is 2. The number of rotatable bonds is 6. The number of benzene rings is 2. The Morgan fingerprint density at radius 2 is 1.79 bits per heavy atom. The third kappa shape index (κ3) is 4.50. The van der Waals surface area contributed by atoms with Crippen LogP contribution in [-0.4, -0.2) is 29.0 Å². The summed E-state index contributed by atoms with van der Waals surface area (Å²) in [6, 6.07) is 16.0. The molecule has 2 N–H and O–H groups in total. The fraction of sp³-hybridized carbons (Fsp3) is 0.143. The molecule has 0 saturated carbocycles. The van der Waals surface area contributed by atoms with Gasteiger partial charge in [-0.2, -0.15) is 0 Å². The first-order chi connectivity index (χ1) is 13.6. The van der Waals surface area contributed by atoms with Crippen LogP contribution in [0.25, 0.3) is 0 Å². The molecule has 0 fully saturated rings. The van der Waals surface area contributed by atoms with Crippen LogP contribution in [0.5, 0.6) is 0 Å². The maximum absolute atomic E-state index is 12.5. The second-order valence-corrected chi connectivity index (χ2v) is 5.93. The number of aromatic nitrogens is 2. The van der Waals surface area contributed by atoms with Crippen LogP contribution in [-0.2, 0) is 11.2 Å². The molecule has 0 atom stereocenters. The molecule has 0 aliphatic rings. The molecule has 142 valence electrons. The number of esters is 1. The Hall–Kier alpha value is -3.74. The highest BCUT2D eigenvalue weighted by molar-refractivity contribution is 6.03. The molecular formula is C21H20N4O3. The smallest absolute Gasteiger partial charge is 0.339 e. The Morgan fingerprint density at radius 3 is 2.50 bits per heavy atom. The van der Waals surface area contributed by atoms with Gasteiger partial charge in [0.25, 0.3) is 5.91 Å². The molecule has 0 aliphatic heterocycles. The van der Waals surface area contributed by atoms with E-state index in [1.807, 2.05) is 24.3 Å². The van der Waals surface area contributed by atoms with Crippen molar-refractivity contribution in [3.05, 3.63) is 77.6 Å². The highest BCUT2D eigenvalue weighted by Crippen LogP contribution is 2.19. The van der Waals surface area contributed by atoms with Gasteiger partial charge < -0.3 is 15.4 Å². The van der Waals surface area contributed by atoms with Crippen molar-refractivity contribution < 1.29 is 14.3 Å². The molecule has 7 nitrogen and oxygen atoms in total. The lowest BCUT2D eigenvalue weighted by atomic mass is 10.1. The predicted octanol–water partition coefficient (Wildman–Crippen LogP) is 3.82. The van der Waals surface area contributed by atoms with Crippen LogP contribution in [0.1, 0.15) is 33.3 Å². The Kier molecular flexibility index (Phi) is 5.96. The minimum atomic E-state index is -0.479. The van der Waals surface area contributed by atoms with Crippen LogP contribution in [0.3, 0.4) is 0 Å². The van der Waals surface area contributed by atoms with Gasteiger partial charge in [-0.1, -0.05) is 31.2 Å². The van der Waals surface area contributed by atoms with E-state index in [0.717, 1.165) is 6.42 Å². The number of nitrogens with zero attached hydrogens (tertiary/aromatic N) is 2. The fourth-order valence-electron chi connectivity index (χ4n) is 2.56. The first-order valence-electron chi connectivity index (χ1n) is 8.78. The summed E-state index contributed by atoms with van der Waals surface area (Å²) >= 11 is 0. The minimum Gasteiger partial charge on any atom is -0.465 e. The van der Waals surface area contributed by atoms with E-state index in [2.05, 4.69) is 27.5 Å². The van der Waals surface area contributed by atoms with E-state index in [9.17, 15) is 9.59 Å². The Morgan fingerprint density at radius 1 is 1.04 bits per heavy atom. The summed E-state index contributed by atoms with van der Waals surface area (Å²) in [5.74, 6) is -0.631. The van der Waals surface area contributed by atoms with E-state index in [0.29, 0.717) is 16.9 Å². The molecule has 0 bridgehead atoms. The van der Waals surface area contributed by atoms with Crippen LogP contribution in [0, 0.1) is 0 Å². The van der Waals surface area contributed by atoms with Crippen LogP contribution in [0.2, 0.25) is 0 Å². The lowest BCUT2D eigenvalue weighted by Crippen LogP contribution is -2.15. The van der Waals surface area contributed by atoms with Crippen molar-refractivity contribution in [3.8, 4) is 0 Å². The zero-order chi connectivity index (χ0) is 19.9. The van der Waals surface area contributed by atoms with Gasteiger partial charge in [0.2, 0.25) is 5.95 Å². The third-order valence-corrected chi connectivity index (χ3v) is 4.09. The lowest BCUT2D eigenvalue weighted by molar-refractivity contribution is 0.0601. The van der Waals surface area contributed by atoms with Crippen molar-refractivity contribution in [1.82, 2.24) is 9.97 Å². The average molecular weight is 376 g/mol. The number of para-hydroxylation sites is 1. The molecular weight excluding hydrogens is 356 g/mol. The van der Waals surface area contributed by atoms with Crippen LogP contribution in [0.15, 0.2) is 60.8 Å². The summed E-state index contributed by atoms with van der Waals surface area (Å²) in [6.45, 7) is 2.07. The first kappa shape index (κ1) is 19.0. The maximum Gasteiger partial charge on any atom is 0.339 e. The van der Waals surface area contributed by atoms with Crippen molar-refractivity contribution in [2.75, 3.05) is 17.7 Å². The van der Waals surface area contributed by atoms with Crippen molar-refractivity contribution in [1.29, 1.82) is 0 Å². The zero-order valence-electron chi connectivity index (χ0n) is 15.6. The number of nitrogens with one attached hydrogen (secondary N) is 2. The quantitative estimate of drug-likeness (QED) is 0.635. The van der Waals surface area contributed by atoms with Crippen molar-refractivity contribution >= 4 is 29.2 Å². The first-order valence-corrected chi connectivity index (χ1v) is 8.78. The van der Waals surface area contributed by atoms with Gasteiger partial charge in [0, 0.05) is 11.9 Å². The molecule has 0 unspecified atom stereocenters. The summed E-state index contributed by atoms with van der Waals surface area (Å²) in [5, 5.41) is 5.77. The topological polar surface area (TPSA) is 93.2 Å². The molecule has 1 amide bonds. The number of amides is 1. The number of carbonyl (C=O) groups excluding carboxylic acids is 2. The number of aryl methyl sites for hydroxylation is 1. The zero-order valence-corrected chi connectivity index (χ0v) is 15.6. The van der Waals surface area contributed by atoms with Crippen molar-refractivity contribution in [2.45, 2.75) is 13.3 Å². The summed E-state index contributed by atoms with van der Waals surface area (Å²) in [5.41, 5.74) is 2.91. The summed E-state index contributed by atoms with van der Waals surface area (Å²) in [4.78, 5) is 32.7. The van der Waals surface area contributed by atoms with E-state index in [1.54, 1.807) is 24.3 Å². The number of hydrogen-bond donors (Lipinski definition) is 2. The van der Waals surface area contributed by atoms with Crippen molar-refractivity contribution in [2.24, 2.45) is 0 Å². The standard InChI is InChI=1S/C21H20N4O3/c1-3-14-8-10-15(11-9-14)23-19(26)18-12-13-22-21(25-18)24-17-7-5-4-6-16(17)20(27)28-2/h4-13H,3H2,1-2H3,(H,23,26)(H,22,24,25). The highest BCUT2D eigenvalue weighted by atomic mass is 16.5. The van der Waals surface area contributed by atoms with Crippen LogP contribution < -0.4 is 10.6 Å². The molecule has 0 spiro atoms. The molecule has 3 rings (SSSR count). The average Bonchev–Trinajstić information content (AvgIpc) is 2.74. The number of methoxy groups -OCH3 is 1. The van der Waals surface area contributed by atoms with Gasteiger partial charge in [-0.05, 0) is 42.3 Å². The SMILES string of the molecule is CCc1ccc(NC(=O)c2ccnc(Nc3ccccc3C(=O)OC)n2)cc1. The van der Waals surface area contributed by atoms with Gasteiger partial charge in [0.05, 0.1) is 18.4 Å². The van der Waals surface area contributed by atoms with Gasteiger partial charge in [-0.15, -0.1) is 0 Å². The molecule has 1 aromatic heterocycles. The third-order valence-electron chi connectivity index (χ3n) is 4.09. The molecule has 0 radical (unpaired) electrons. The monoisotopic (exact) mass is 376 g/mol. The number of hydrogen-bond acceptors (Lipinski definition) is 6.